The van der Waals surface area contributed by atoms with Gasteiger partial charge in [0.2, 0.25) is 0 Å². The molecular formula is C28H29Cl2F3N2O3S. The summed E-state index contributed by atoms with van der Waals surface area (Å²) in [5.74, 6) is -0.741. The molecule has 0 aromatic heterocycles. The summed E-state index contributed by atoms with van der Waals surface area (Å²) in [6, 6.07) is 13.5. The second-order valence-corrected chi connectivity index (χ2v) is 13.1. The predicted octanol–water partition coefficient (Wildman–Crippen LogP) is 7.18. The molecule has 0 unspecified atom stereocenters. The Balaban J connectivity index is 2.05. The van der Waals surface area contributed by atoms with E-state index in [1.165, 1.54) is 17.0 Å². The quantitative estimate of drug-likeness (QED) is 0.291. The van der Waals surface area contributed by atoms with Gasteiger partial charge in [-0.05, 0) is 40.7 Å². The molecule has 1 amide bonds. The number of nitrogens with zero attached hydrogens (tertiary/aromatic N) is 1. The van der Waals surface area contributed by atoms with E-state index in [-0.39, 0.29) is 51.1 Å². The molecule has 0 fully saturated rings. The minimum Gasteiger partial charge on any atom is -0.397 e. The van der Waals surface area contributed by atoms with Crippen molar-refractivity contribution in [1.82, 2.24) is 4.90 Å². The summed E-state index contributed by atoms with van der Waals surface area (Å²) in [6.07, 6.45) is -3.52. The van der Waals surface area contributed by atoms with Crippen molar-refractivity contribution in [1.29, 1.82) is 0 Å². The third-order valence-corrected chi connectivity index (χ3v) is 8.22. The smallest absolute Gasteiger partial charge is 0.397 e. The van der Waals surface area contributed by atoms with Gasteiger partial charge in [-0.15, -0.1) is 0 Å². The molecule has 210 valence electrons. The summed E-state index contributed by atoms with van der Waals surface area (Å²) in [6.45, 7) is 6.21. The zero-order valence-electron chi connectivity index (χ0n) is 21.9. The van der Waals surface area contributed by atoms with Crippen LogP contribution in [0.1, 0.15) is 53.4 Å². The Morgan fingerprint density at radius 2 is 1.54 bits per heavy atom. The van der Waals surface area contributed by atoms with E-state index < -0.39 is 27.5 Å². The average Bonchev–Trinajstić information content (AvgIpc) is 2.83. The second kappa shape index (κ2) is 11.4. The number of nitrogens with two attached hydrogens (primary N) is 1. The van der Waals surface area contributed by atoms with Crippen LogP contribution in [-0.2, 0) is 34.4 Å². The molecule has 0 heterocycles. The zero-order chi connectivity index (χ0) is 29.3. The van der Waals surface area contributed by atoms with Gasteiger partial charge < -0.3 is 10.6 Å². The van der Waals surface area contributed by atoms with Crippen LogP contribution in [0.5, 0.6) is 0 Å². The Bertz CT molecular complexity index is 1480. The highest BCUT2D eigenvalue weighted by Crippen LogP contribution is 2.37. The van der Waals surface area contributed by atoms with Gasteiger partial charge in [0.15, 0.2) is 9.84 Å². The molecule has 0 atom stereocenters. The molecule has 0 radical (unpaired) electrons. The lowest BCUT2D eigenvalue weighted by atomic mass is 9.87. The van der Waals surface area contributed by atoms with E-state index >= 15 is 0 Å². The molecule has 0 aliphatic heterocycles. The molecule has 0 saturated carbocycles. The Morgan fingerprint density at radius 3 is 2.08 bits per heavy atom. The van der Waals surface area contributed by atoms with Crippen LogP contribution in [0.15, 0.2) is 59.5 Å². The average molecular weight is 602 g/mol. The van der Waals surface area contributed by atoms with E-state index in [0.717, 1.165) is 35.6 Å². The number of amides is 1. The first-order valence-corrected chi connectivity index (χ1v) is 14.6. The lowest BCUT2D eigenvalue weighted by Crippen LogP contribution is -2.34. The van der Waals surface area contributed by atoms with E-state index in [0.29, 0.717) is 5.56 Å². The fourth-order valence-corrected chi connectivity index (χ4v) is 5.42. The molecule has 39 heavy (non-hydrogen) atoms. The van der Waals surface area contributed by atoms with Gasteiger partial charge in [0.25, 0.3) is 5.91 Å². The third-order valence-electron chi connectivity index (χ3n) is 6.22. The standard InChI is InChI=1S/C28H29Cl2F3N2O3S/c1-27(2,3)19-10-8-18(9-11-19)16-35(13-12-17-6-5-7-20(14-17)28(31,32)33)26(36)23-22(39(4,37)38)15-21(34)24(29)25(23)30/h5-11,14-15H,12-13,16,34H2,1-4H3. The lowest BCUT2D eigenvalue weighted by Gasteiger charge is -2.26. The van der Waals surface area contributed by atoms with E-state index in [4.69, 9.17) is 28.9 Å². The van der Waals surface area contributed by atoms with Gasteiger partial charge in [-0.25, -0.2) is 8.42 Å². The topological polar surface area (TPSA) is 80.5 Å². The van der Waals surface area contributed by atoms with Gasteiger partial charge in [-0.1, -0.05) is 86.4 Å². The van der Waals surface area contributed by atoms with Crippen LogP contribution < -0.4 is 5.73 Å². The number of halogens is 5. The molecular weight excluding hydrogens is 572 g/mol. The van der Waals surface area contributed by atoms with Gasteiger partial charge >= 0.3 is 6.18 Å². The van der Waals surface area contributed by atoms with E-state index in [2.05, 4.69) is 20.8 Å². The highest BCUT2D eigenvalue weighted by Gasteiger charge is 2.31. The first-order chi connectivity index (χ1) is 17.9. The van der Waals surface area contributed by atoms with E-state index in [1.54, 1.807) is 0 Å². The van der Waals surface area contributed by atoms with Crippen molar-refractivity contribution in [3.05, 3.63) is 92.5 Å². The molecule has 3 rings (SSSR count). The van der Waals surface area contributed by atoms with Gasteiger partial charge in [-0.2, -0.15) is 13.2 Å². The fraction of sp³-hybridized carbons (Fsp3) is 0.321. The van der Waals surface area contributed by atoms with Crippen molar-refractivity contribution in [3.63, 3.8) is 0 Å². The summed E-state index contributed by atoms with van der Waals surface area (Å²) in [5.41, 5.74) is 6.64. The molecule has 0 aliphatic rings. The van der Waals surface area contributed by atoms with Gasteiger partial charge in [0.05, 0.1) is 31.8 Å². The maximum atomic E-state index is 13.9. The zero-order valence-corrected chi connectivity index (χ0v) is 24.2. The van der Waals surface area contributed by atoms with Crippen LogP contribution in [0.25, 0.3) is 0 Å². The van der Waals surface area contributed by atoms with Gasteiger partial charge in [0.1, 0.15) is 0 Å². The molecule has 2 N–H and O–H groups in total. The summed E-state index contributed by atoms with van der Waals surface area (Å²) in [5, 5.41) is -0.478. The van der Waals surface area contributed by atoms with Crippen molar-refractivity contribution < 1.29 is 26.4 Å². The third kappa shape index (κ3) is 7.47. The van der Waals surface area contributed by atoms with Crippen molar-refractivity contribution in [3.8, 4) is 0 Å². The Morgan fingerprint density at radius 1 is 0.923 bits per heavy atom. The molecule has 0 spiro atoms. The molecule has 11 heteroatoms. The molecule has 3 aromatic carbocycles. The van der Waals surface area contributed by atoms with Crippen LogP contribution in [0.2, 0.25) is 10.0 Å². The number of hydrogen-bond acceptors (Lipinski definition) is 4. The highest BCUT2D eigenvalue weighted by atomic mass is 35.5. The van der Waals surface area contributed by atoms with Gasteiger partial charge in [-0.3, -0.25) is 4.79 Å². The van der Waals surface area contributed by atoms with Crippen molar-refractivity contribution in [2.45, 2.75) is 50.2 Å². The van der Waals surface area contributed by atoms with Crippen LogP contribution in [0.4, 0.5) is 18.9 Å². The van der Waals surface area contributed by atoms with Crippen LogP contribution in [0, 0.1) is 0 Å². The molecule has 5 nitrogen and oxygen atoms in total. The number of hydrogen-bond donors (Lipinski definition) is 1. The number of carbonyl (C=O) groups is 1. The lowest BCUT2D eigenvalue weighted by molar-refractivity contribution is -0.137. The number of alkyl halides is 3. The number of anilines is 1. The normalized spacial score (nSPS) is 12.4. The van der Waals surface area contributed by atoms with Gasteiger partial charge in [0, 0.05) is 19.3 Å². The van der Waals surface area contributed by atoms with E-state index in [9.17, 15) is 26.4 Å². The Kier molecular flexibility index (Phi) is 8.99. The number of carbonyl (C=O) groups excluding carboxylic acids is 1. The first kappa shape index (κ1) is 30.8. The Hall–Kier alpha value is -2.75. The minimum absolute atomic E-state index is 0.0251. The largest absolute Gasteiger partial charge is 0.416 e. The van der Waals surface area contributed by atoms with Crippen molar-refractivity contribution >= 4 is 44.6 Å². The summed E-state index contributed by atoms with van der Waals surface area (Å²) < 4.78 is 64.8. The van der Waals surface area contributed by atoms with Crippen LogP contribution >= 0.6 is 23.2 Å². The number of sulfone groups is 1. The SMILES string of the molecule is CC(C)(C)c1ccc(CN(CCc2cccc(C(F)(F)F)c2)C(=O)c2c(S(C)(=O)=O)cc(N)c(Cl)c2Cl)cc1. The number of rotatable bonds is 7. The maximum Gasteiger partial charge on any atom is 0.416 e. The number of benzene rings is 3. The predicted molar refractivity (Wildman–Crippen MR) is 149 cm³/mol. The first-order valence-electron chi connectivity index (χ1n) is 11.9. The monoisotopic (exact) mass is 600 g/mol. The van der Waals surface area contributed by atoms with E-state index in [1.807, 2.05) is 24.3 Å². The summed E-state index contributed by atoms with van der Waals surface area (Å²) in [4.78, 5) is 14.8. The number of nitrogen functional groups attached to an aromatic ring is 1. The minimum atomic E-state index is -4.51. The van der Waals surface area contributed by atoms with Crippen molar-refractivity contribution in [2.75, 3.05) is 18.5 Å². The molecule has 3 aromatic rings. The maximum absolute atomic E-state index is 13.9. The van der Waals surface area contributed by atoms with Crippen LogP contribution in [0.3, 0.4) is 0 Å². The Labute approximate surface area is 236 Å². The summed E-state index contributed by atoms with van der Waals surface area (Å²) >= 11 is 12.5. The molecule has 0 aliphatic carbocycles. The summed E-state index contributed by atoms with van der Waals surface area (Å²) in [7, 11) is -3.95. The molecule has 0 saturated heterocycles. The van der Waals surface area contributed by atoms with Crippen LogP contribution in [-0.4, -0.2) is 32.0 Å². The van der Waals surface area contributed by atoms with Crippen molar-refractivity contribution in [2.24, 2.45) is 0 Å². The highest BCUT2D eigenvalue weighted by molar-refractivity contribution is 7.90. The molecule has 0 bridgehead atoms. The second-order valence-electron chi connectivity index (χ2n) is 10.4. The fourth-order valence-electron chi connectivity index (χ4n) is 4.02.